The highest BCUT2D eigenvalue weighted by molar-refractivity contribution is 5.84. The molecule has 0 spiro atoms. The molecule has 0 saturated heterocycles. The lowest BCUT2D eigenvalue weighted by molar-refractivity contribution is 0.172. The lowest BCUT2D eigenvalue weighted by Gasteiger charge is -2.40. The Balaban J connectivity index is 2.66. The lowest BCUT2D eigenvalue weighted by atomic mass is 9.65. The Labute approximate surface area is 123 Å². The summed E-state index contributed by atoms with van der Waals surface area (Å²) >= 11 is 0. The van der Waals surface area contributed by atoms with Crippen molar-refractivity contribution >= 4 is 10.8 Å². The van der Waals surface area contributed by atoms with Gasteiger partial charge in [-0.2, -0.15) is 0 Å². The van der Waals surface area contributed by atoms with Gasteiger partial charge < -0.3 is 0 Å². The first-order valence-electron chi connectivity index (χ1n) is 7.47. The smallest absolute Gasteiger partial charge is 0.0454 e. The van der Waals surface area contributed by atoms with Gasteiger partial charge in [-0.3, -0.25) is 4.98 Å². The molecule has 0 amide bonds. The van der Waals surface area contributed by atoms with Gasteiger partial charge in [0.15, 0.2) is 0 Å². The van der Waals surface area contributed by atoms with Gasteiger partial charge in [-0.1, -0.05) is 65.8 Å². The zero-order valence-electron chi connectivity index (χ0n) is 13.9. The van der Waals surface area contributed by atoms with E-state index in [1.165, 1.54) is 16.5 Å². The van der Waals surface area contributed by atoms with Crippen molar-refractivity contribution in [1.29, 1.82) is 0 Å². The Morgan fingerprint density at radius 2 is 1.45 bits per heavy atom. The van der Waals surface area contributed by atoms with E-state index in [1.807, 2.05) is 0 Å². The summed E-state index contributed by atoms with van der Waals surface area (Å²) in [5.41, 5.74) is 2.75. The minimum absolute atomic E-state index is 0.195. The molecular weight excluding hydrogens is 242 g/mol. The van der Waals surface area contributed by atoms with Crippen molar-refractivity contribution in [3.63, 3.8) is 0 Å². The quantitative estimate of drug-likeness (QED) is 0.645. The highest BCUT2D eigenvalue weighted by Crippen LogP contribution is 2.47. The second-order valence-electron chi connectivity index (χ2n) is 8.02. The van der Waals surface area contributed by atoms with E-state index < -0.39 is 0 Å². The normalized spacial score (nSPS) is 13.2. The number of rotatable bonds is 1. The standard InChI is InChI=1S/C19H27N/c1-13-15-11-9-8-10-14(15)12-16(20-13)17(18(2,3)4)19(5,6)7/h8-12,17H,1-7H3. The molecular formula is C19H27N. The molecule has 1 nitrogen and oxygen atoms in total. The van der Waals surface area contributed by atoms with E-state index >= 15 is 0 Å². The molecule has 0 N–H and O–H groups in total. The third-order valence-electron chi connectivity index (χ3n) is 3.98. The molecule has 2 aromatic rings. The van der Waals surface area contributed by atoms with E-state index in [-0.39, 0.29) is 10.8 Å². The fourth-order valence-electron chi connectivity index (χ4n) is 3.73. The summed E-state index contributed by atoms with van der Waals surface area (Å²) in [6, 6.07) is 10.8. The number of hydrogen-bond acceptors (Lipinski definition) is 1. The van der Waals surface area contributed by atoms with Crippen molar-refractivity contribution < 1.29 is 0 Å². The van der Waals surface area contributed by atoms with Gasteiger partial charge in [-0.15, -0.1) is 0 Å². The molecule has 1 aromatic heterocycles. The van der Waals surface area contributed by atoms with Crippen LogP contribution in [0.15, 0.2) is 30.3 Å². The van der Waals surface area contributed by atoms with Crippen molar-refractivity contribution in [2.24, 2.45) is 10.8 Å². The third-order valence-corrected chi connectivity index (χ3v) is 3.98. The maximum absolute atomic E-state index is 4.93. The molecule has 2 rings (SSSR count). The van der Waals surface area contributed by atoms with Crippen LogP contribution in [0.1, 0.15) is 58.8 Å². The molecule has 1 heteroatoms. The fourth-order valence-corrected chi connectivity index (χ4v) is 3.73. The van der Waals surface area contributed by atoms with Crippen molar-refractivity contribution in [2.45, 2.75) is 54.4 Å². The Hall–Kier alpha value is -1.37. The van der Waals surface area contributed by atoms with Gasteiger partial charge in [-0.25, -0.2) is 0 Å². The predicted octanol–water partition coefficient (Wildman–Crippen LogP) is 5.72. The van der Waals surface area contributed by atoms with Crippen LogP contribution in [0.25, 0.3) is 10.8 Å². The largest absolute Gasteiger partial charge is 0.257 e. The van der Waals surface area contributed by atoms with Crippen LogP contribution in [-0.4, -0.2) is 4.98 Å². The van der Waals surface area contributed by atoms with Crippen LogP contribution in [0, 0.1) is 17.8 Å². The molecule has 0 saturated carbocycles. The number of pyridine rings is 1. The first-order valence-corrected chi connectivity index (χ1v) is 7.47. The number of nitrogens with zero attached hydrogens (tertiary/aromatic N) is 1. The highest BCUT2D eigenvalue weighted by atomic mass is 14.7. The fraction of sp³-hybridized carbons (Fsp3) is 0.526. The number of hydrogen-bond donors (Lipinski definition) is 0. The molecule has 108 valence electrons. The second kappa shape index (κ2) is 4.87. The summed E-state index contributed by atoms with van der Waals surface area (Å²) < 4.78 is 0. The van der Waals surface area contributed by atoms with Gasteiger partial charge in [0, 0.05) is 22.7 Å². The summed E-state index contributed by atoms with van der Waals surface area (Å²) in [5.74, 6) is 0.429. The van der Waals surface area contributed by atoms with Crippen LogP contribution < -0.4 is 0 Å². The summed E-state index contributed by atoms with van der Waals surface area (Å²) in [4.78, 5) is 4.93. The van der Waals surface area contributed by atoms with Gasteiger partial charge in [0.05, 0.1) is 0 Å². The van der Waals surface area contributed by atoms with Crippen molar-refractivity contribution in [1.82, 2.24) is 4.98 Å². The van der Waals surface area contributed by atoms with Crippen LogP contribution in [-0.2, 0) is 0 Å². The highest BCUT2D eigenvalue weighted by Gasteiger charge is 2.37. The number of fused-ring (bicyclic) bond motifs is 1. The zero-order chi connectivity index (χ0) is 15.1. The second-order valence-corrected chi connectivity index (χ2v) is 8.02. The molecule has 0 atom stereocenters. The van der Waals surface area contributed by atoms with E-state index in [0.717, 1.165) is 5.69 Å². The average molecular weight is 269 g/mol. The first kappa shape index (κ1) is 15.0. The third kappa shape index (κ3) is 2.87. The molecule has 0 bridgehead atoms. The molecule has 0 aliphatic heterocycles. The van der Waals surface area contributed by atoms with Crippen LogP contribution in [0.5, 0.6) is 0 Å². The Bertz CT molecular complexity index is 598. The van der Waals surface area contributed by atoms with Crippen LogP contribution in [0.3, 0.4) is 0 Å². The molecule has 0 aliphatic carbocycles. The van der Waals surface area contributed by atoms with E-state index in [9.17, 15) is 0 Å². The maximum Gasteiger partial charge on any atom is 0.0454 e. The van der Waals surface area contributed by atoms with Gasteiger partial charge in [0.1, 0.15) is 0 Å². The van der Waals surface area contributed by atoms with Crippen molar-refractivity contribution in [3.8, 4) is 0 Å². The average Bonchev–Trinajstić information content (AvgIpc) is 2.25. The summed E-state index contributed by atoms with van der Waals surface area (Å²) in [7, 11) is 0. The summed E-state index contributed by atoms with van der Waals surface area (Å²) in [6.45, 7) is 16.0. The van der Waals surface area contributed by atoms with Crippen molar-refractivity contribution in [2.75, 3.05) is 0 Å². The summed E-state index contributed by atoms with van der Waals surface area (Å²) in [6.07, 6.45) is 0. The molecule has 0 unspecified atom stereocenters. The molecule has 1 aromatic carbocycles. The Morgan fingerprint density at radius 3 is 2.00 bits per heavy atom. The van der Waals surface area contributed by atoms with E-state index in [0.29, 0.717) is 5.92 Å². The molecule has 0 radical (unpaired) electrons. The first-order chi connectivity index (χ1) is 9.10. The van der Waals surface area contributed by atoms with Crippen molar-refractivity contribution in [3.05, 3.63) is 41.7 Å². The van der Waals surface area contributed by atoms with E-state index in [2.05, 4.69) is 78.8 Å². The topological polar surface area (TPSA) is 12.9 Å². The van der Waals surface area contributed by atoms with E-state index in [4.69, 9.17) is 4.98 Å². The molecule has 20 heavy (non-hydrogen) atoms. The predicted molar refractivity (Wildman–Crippen MR) is 88.1 cm³/mol. The minimum Gasteiger partial charge on any atom is -0.257 e. The number of aryl methyl sites for hydroxylation is 1. The van der Waals surface area contributed by atoms with Gasteiger partial charge in [0.25, 0.3) is 0 Å². The Morgan fingerprint density at radius 1 is 0.900 bits per heavy atom. The lowest BCUT2D eigenvalue weighted by Crippen LogP contribution is -2.31. The van der Waals surface area contributed by atoms with E-state index in [1.54, 1.807) is 0 Å². The minimum atomic E-state index is 0.195. The van der Waals surface area contributed by atoms with Gasteiger partial charge in [0.2, 0.25) is 0 Å². The monoisotopic (exact) mass is 269 g/mol. The van der Waals surface area contributed by atoms with Gasteiger partial charge in [-0.05, 0) is 29.2 Å². The number of benzene rings is 1. The Kier molecular flexibility index (Phi) is 3.66. The molecule has 1 heterocycles. The number of aromatic nitrogens is 1. The van der Waals surface area contributed by atoms with Gasteiger partial charge >= 0.3 is 0 Å². The zero-order valence-corrected chi connectivity index (χ0v) is 13.9. The van der Waals surface area contributed by atoms with Crippen LogP contribution in [0.4, 0.5) is 0 Å². The maximum atomic E-state index is 4.93. The van der Waals surface area contributed by atoms with Crippen LogP contribution in [0.2, 0.25) is 0 Å². The van der Waals surface area contributed by atoms with Crippen LogP contribution >= 0.6 is 0 Å². The molecule has 0 fully saturated rings. The SMILES string of the molecule is Cc1nc(C(C(C)(C)C)C(C)(C)C)cc2ccccc12. The molecule has 0 aliphatic rings. The summed E-state index contributed by atoms with van der Waals surface area (Å²) in [5, 5.41) is 2.56.